The van der Waals surface area contributed by atoms with Gasteiger partial charge in [0.05, 0.1) is 27.0 Å². The van der Waals surface area contributed by atoms with E-state index < -0.39 is 5.38 Å². The summed E-state index contributed by atoms with van der Waals surface area (Å²) in [6.45, 7) is 0. The second kappa shape index (κ2) is 6.76. The molecule has 0 amide bonds. The zero-order chi connectivity index (χ0) is 14.9. The molecular weight excluding hydrogens is 406 g/mol. The standard InChI is InChI=1S/C14H9BrCl4O/c1-20-14-9(5-7(16)6-10(14)15)12(18)8-3-2-4-11(17)13(8)19/h2-6,12H,1H3. The summed E-state index contributed by atoms with van der Waals surface area (Å²) in [6.07, 6.45) is 0. The first-order chi connectivity index (χ1) is 9.45. The average Bonchev–Trinajstić information content (AvgIpc) is 2.40. The molecule has 1 atom stereocenters. The van der Waals surface area contributed by atoms with Crippen LogP contribution < -0.4 is 4.74 Å². The molecule has 0 bridgehead atoms. The van der Waals surface area contributed by atoms with Gasteiger partial charge in [0.1, 0.15) is 5.75 Å². The largest absolute Gasteiger partial charge is 0.495 e. The second-order valence-corrected chi connectivity index (χ2v) is 6.53. The summed E-state index contributed by atoms with van der Waals surface area (Å²) in [5.74, 6) is 0.616. The third-order valence-corrected chi connectivity index (χ3v) is 4.88. The van der Waals surface area contributed by atoms with E-state index in [1.807, 2.05) is 6.07 Å². The Bertz CT molecular complexity index is 645. The van der Waals surface area contributed by atoms with Gasteiger partial charge in [0.2, 0.25) is 0 Å². The Morgan fingerprint density at radius 3 is 2.45 bits per heavy atom. The van der Waals surface area contributed by atoms with Crippen LogP contribution in [0.1, 0.15) is 16.5 Å². The number of methoxy groups -OCH3 is 1. The van der Waals surface area contributed by atoms with Crippen molar-refractivity contribution in [3.63, 3.8) is 0 Å². The number of benzene rings is 2. The van der Waals surface area contributed by atoms with Crippen LogP contribution in [0.25, 0.3) is 0 Å². The van der Waals surface area contributed by atoms with Gasteiger partial charge in [-0.25, -0.2) is 0 Å². The van der Waals surface area contributed by atoms with Gasteiger partial charge in [0.25, 0.3) is 0 Å². The summed E-state index contributed by atoms with van der Waals surface area (Å²) in [6, 6.07) is 8.82. The molecule has 20 heavy (non-hydrogen) atoms. The molecule has 1 unspecified atom stereocenters. The predicted molar refractivity (Wildman–Crippen MR) is 89.9 cm³/mol. The Morgan fingerprint density at radius 2 is 1.80 bits per heavy atom. The molecule has 2 aromatic carbocycles. The summed E-state index contributed by atoms with van der Waals surface area (Å²) in [5, 5.41) is 0.907. The number of alkyl halides is 1. The van der Waals surface area contributed by atoms with Gasteiger partial charge >= 0.3 is 0 Å². The minimum atomic E-state index is -0.522. The highest BCUT2D eigenvalue weighted by Gasteiger charge is 2.21. The molecule has 2 rings (SSSR count). The molecule has 0 saturated heterocycles. The van der Waals surface area contributed by atoms with Gasteiger partial charge in [-0.05, 0) is 39.7 Å². The molecule has 6 heteroatoms. The molecule has 0 saturated carbocycles. The first kappa shape index (κ1) is 16.3. The van der Waals surface area contributed by atoms with Crippen LogP contribution >= 0.6 is 62.3 Å². The number of hydrogen-bond acceptors (Lipinski definition) is 1. The van der Waals surface area contributed by atoms with E-state index >= 15 is 0 Å². The van der Waals surface area contributed by atoms with E-state index in [0.717, 1.165) is 10.0 Å². The Labute approximate surface area is 145 Å². The minimum Gasteiger partial charge on any atom is -0.495 e. The minimum absolute atomic E-state index is 0.423. The Balaban J connectivity index is 2.58. The van der Waals surface area contributed by atoms with Gasteiger partial charge < -0.3 is 4.74 Å². The fourth-order valence-electron chi connectivity index (χ4n) is 1.87. The number of hydrogen-bond donors (Lipinski definition) is 0. The van der Waals surface area contributed by atoms with E-state index in [1.165, 1.54) is 0 Å². The maximum absolute atomic E-state index is 6.53. The molecule has 2 aromatic rings. The Kier molecular flexibility index (Phi) is 5.49. The lowest BCUT2D eigenvalue weighted by molar-refractivity contribution is 0.407. The molecule has 0 aromatic heterocycles. The Hall–Kier alpha value is -0.120. The molecule has 0 aliphatic heterocycles. The smallest absolute Gasteiger partial charge is 0.138 e. The third-order valence-electron chi connectivity index (χ3n) is 2.77. The van der Waals surface area contributed by atoms with Crippen molar-refractivity contribution in [1.82, 2.24) is 0 Å². The van der Waals surface area contributed by atoms with Crippen LogP contribution in [0.15, 0.2) is 34.8 Å². The first-order valence-corrected chi connectivity index (χ1v) is 7.93. The van der Waals surface area contributed by atoms with Gasteiger partial charge in [-0.3, -0.25) is 0 Å². The normalized spacial score (nSPS) is 12.3. The van der Waals surface area contributed by atoms with Crippen molar-refractivity contribution < 1.29 is 4.74 Å². The van der Waals surface area contributed by atoms with E-state index in [1.54, 1.807) is 31.4 Å². The molecule has 0 aliphatic carbocycles. The van der Waals surface area contributed by atoms with Gasteiger partial charge in [0, 0.05) is 10.6 Å². The van der Waals surface area contributed by atoms with Gasteiger partial charge in [-0.1, -0.05) is 46.9 Å². The molecule has 0 radical (unpaired) electrons. The number of halogens is 5. The fourth-order valence-corrected chi connectivity index (χ4v) is 3.68. The molecule has 0 spiro atoms. The van der Waals surface area contributed by atoms with E-state index in [2.05, 4.69) is 15.9 Å². The van der Waals surface area contributed by atoms with Crippen molar-refractivity contribution in [2.24, 2.45) is 0 Å². The lowest BCUT2D eigenvalue weighted by atomic mass is 10.0. The number of ether oxygens (including phenoxy) is 1. The predicted octanol–water partition coefficient (Wildman–Crippen LogP) is 6.75. The maximum atomic E-state index is 6.53. The molecular formula is C14H9BrCl4O. The quantitative estimate of drug-likeness (QED) is 0.505. The molecule has 0 aliphatic rings. The monoisotopic (exact) mass is 412 g/mol. The van der Waals surface area contributed by atoms with Crippen LogP contribution in [0.3, 0.4) is 0 Å². The van der Waals surface area contributed by atoms with Crippen molar-refractivity contribution in [3.05, 3.63) is 61.0 Å². The van der Waals surface area contributed by atoms with Crippen LogP contribution in [0.5, 0.6) is 5.75 Å². The first-order valence-electron chi connectivity index (χ1n) is 5.56. The van der Waals surface area contributed by atoms with Crippen molar-refractivity contribution in [2.45, 2.75) is 5.38 Å². The fraction of sp³-hybridized carbons (Fsp3) is 0.143. The van der Waals surface area contributed by atoms with Crippen LogP contribution in [-0.2, 0) is 0 Å². The van der Waals surface area contributed by atoms with E-state index in [0.29, 0.717) is 26.4 Å². The number of rotatable bonds is 3. The summed E-state index contributed by atoms with van der Waals surface area (Å²) in [5.41, 5.74) is 1.42. The highest BCUT2D eigenvalue weighted by molar-refractivity contribution is 9.10. The van der Waals surface area contributed by atoms with E-state index in [9.17, 15) is 0 Å². The van der Waals surface area contributed by atoms with E-state index in [4.69, 9.17) is 51.1 Å². The maximum Gasteiger partial charge on any atom is 0.138 e. The topological polar surface area (TPSA) is 9.23 Å². The SMILES string of the molecule is COc1c(Br)cc(Cl)cc1C(Cl)c1cccc(Cl)c1Cl. The van der Waals surface area contributed by atoms with Crippen molar-refractivity contribution in [2.75, 3.05) is 7.11 Å². The van der Waals surface area contributed by atoms with Crippen molar-refractivity contribution in [3.8, 4) is 5.75 Å². The summed E-state index contributed by atoms with van der Waals surface area (Å²) in [7, 11) is 1.57. The average molecular weight is 415 g/mol. The molecule has 1 nitrogen and oxygen atoms in total. The van der Waals surface area contributed by atoms with Gasteiger partial charge in [-0.2, -0.15) is 0 Å². The molecule has 0 N–H and O–H groups in total. The molecule has 0 fully saturated rings. The summed E-state index contributed by atoms with van der Waals surface area (Å²) < 4.78 is 6.11. The van der Waals surface area contributed by atoms with Crippen molar-refractivity contribution >= 4 is 62.3 Å². The van der Waals surface area contributed by atoms with Crippen LogP contribution in [0.4, 0.5) is 0 Å². The summed E-state index contributed by atoms with van der Waals surface area (Å²) in [4.78, 5) is 0. The second-order valence-electron chi connectivity index (χ2n) is 4.02. The third kappa shape index (κ3) is 3.20. The zero-order valence-electron chi connectivity index (χ0n) is 10.3. The highest BCUT2D eigenvalue weighted by Crippen LogP contribution is 2.44. The van der Waals surface area contributed by atoms with Crippen LogP contribution in [-0.4, -0.2) is 7.11 Å². The van der Waals surface area contributed by atoms with Gasteiger partial charge in [-0.15, -0.1) is 11.6 Å². The molecule has 0 heterocycles. The van der Waals surface area contributed by atoms with Crippen molar-refractivity contribution in [1.29, 1.82) is 0 Å². The van der Waals surface area contributed by atoms with Crippen LogP contribution in [0, 0.1) is 0 Å². The summed E-state index contributed by atoms with van der Waals surface area (Å²) >= 11 is 28.3. The lowest BCUT2D eigenvalue weighted by Crippen LogP contribution is -1.99. The lowest BCUT2D eigenvalue weighted by Gasteiger charge is -2.17. The van der Waals surface area contributed by atoms with Gasteiger partial charge in [0.15, 0.2) is 0 Å². The Morgan fingerprint density at radius 1 is 1.10 bits per heavy atom. The van der Waals surface area contributed by atoms with E-state index in [-0.39, 0.29) is 0 Å². The van der Waals surface area contributed by atoms with Crippen LogP contribution in [0.2, 0.25) is 15.1 Å². The highest BCUT2D eigenvalue weighted by atomic mass is 79.9. The zero-order valence-corrected chi connectivity index (χ0v) is 14.9. The molecule has 106 valence electrons.